The normalized spacial score (nSPS) is 19.9. The van der Waals surface area contributed by atoms with Crippen LogP contribution in [0.25, 0.3) is 0 Å². The molecule has 6 nitrogen and oxygen atoms in total. The molecule has 116 valence electrons. The molecule has 0 aromatic heterocycles. The highest BCUT2D eigenvalue weighted by Crippen LogP contribution is 2.33. The lowest BCUT2D eigenvalue weighted by molar-refractivity contribution is -0.132. The summed E-state index contributed by atoms with van der Waals surface area (Å²) in [5.74, 6) is -0.000724. The van der Waals surface area contributed by atoms with Gasteiger partial charge in [-0.15, -0.1) is 0 Å². The van der Waals surface area contributed by atoms with Crippen LogP contribution in [0, 0.1) is 0 Å². The van der Waals surface area contributed by atoms with E-state index in [0.29, 0.717) is 19.4 Å². The number of nitrogens with zero attached hydrogens (tertiary/aromatic N) is 1. The number of carbonyl (C=O) groups is 1. The number of piperidine rings is 1. The van der Waals surface area contributed by atoms with E-state index >= 15 is 0 Å². The quantitative estimate of drug-likeness (QED) is 0.806. The van der Waals surface area contributed by atoms with Crippen molar-refractivity contribution in [3.05, 3.63) is 22.2 Å². The largest absolute Gasteiger partial charge is 0.396 e. The molecule has 0 spiro atoms. The molecule has 0 aliphatic carbocycles. The number of nitrogen functional groups attached to an aromatic ring is 1. The molecule has 1 atom stereocenters. The number of anilines is 1. The van der Waals surface area contributed by atoms with E-state index < -0.39 is 10.0 Å². The summed E-state index contributed by atoms with van der Waals surface area (Å²) in [5.41, 5.74) is 5.67. The Hall–Kier alpha value is -1.02. The molecule has 1 aliphatic heterocycles. The molecule has 0 radical (unpaired) electrons. The Labute approximate surface area is 133 Å². The molecule has 21 heavy (non-hydrogen) atoms. The van der Waals surface area contributed by atoms with Crippen LogP contribution >= 0.6 is 23.2 Å². The average molecular weight is 352 g/mol. The van der Waals surface area contributed by atoms with E-state index in [1.165, 1.54) is 17.0 Å². The Kier molecular flexibility index (Phi) is 4.67. The Bertz CT molecular complexity index is 679. The number of halogens is 2. The minimum Gasteiger partial charge on any atom is -0.396 e. The molecular formula is C12H15Cl2N3O3S. The number of rotatable bonds is 3. The van der Waals surface area contributed by atoms with Crippen molar-refractivity contribution in [1.82, 2.24) is 9.62 Å². The number of hydrogen-bond acceptors (Lipinski definition) is 4. The number of nitrogens with two attached hydrogens (primary N) is 1. The first kappa shape index (κ1) is 16.4. The Morgan fingerprint density at radius 1 is 1.38 bits per heavy atom. The van der Waals surface area contributed by atoms with E-state index in [0.717, 1.165) is 0 Å². The van der Waals surface area contributed by atoms with Gasteiger partial charge in [0.25, 0.3) is 0 Å². The van der Waals surface area contributed by atoms with Gasteiger partial charge in [-0.2, -0.15) is 0 Å². The summed E-state index contributed by atoms with van der Waals surface area (Å²) >= 11 is 11.8. The standard InChI is InChI=1S/C12H15Cl2N3O3S/c1-17-6-7(2-5-10(17)18)16-21(19,20)9-4-3-8(13)12(15)11(9)14/h3-4,7,16H,2,5-6,15H2,1H3. The van der Waals surface area contributed by atoms with Crippen LogP contribution in [0.2, 0.25) is 10.0 Å². The van der Waals surface area contributed by atoms with E-state index in [2.05, 4.69) is 4.72 Å². The second kappa shape index (κ2) is 6.00. The number of sulfonamides is 1. The average Bonchev–Trinajstić information content (AvgIpc) is 2.39. The lowest BCUT2D eigenvalue weighted by Crippen LogP contribution is -2.48. The molecule has 1 unspecified atom stereocenters. The van der Waals surface area contributed by atoms with Crippen molar-refractivity contribution < 1.29 is 13.2 Å². The molecular weight excluding hydrogens is 337 g/mol. The van der Waals surface area contributed by atoms with Gasteiger partial charge in [-0.3, -0.25) is 4.79 Å². The van der Waals surface area contributed by atoms with Crippen LogP contribution in [-0.2, 0) is 14.8 Å². The monoisotopic (exact) mass is 351 g/mol. The zero-order chi connectivity index (χ0) is 15.8. The van der Waals surface area contributed by atoms with E-state index in [4.69, 9.17) is 28.9 Å². The highest BCUT2D eigenvalue weighted by Gasteiger charge is 2.29. The number of amides is 1. The van der Waals surface area contributed by atoms with Gasteiger partial charge in [0.05, 0.1) is 15.7 Å². The van der Waals surface area contributed by atoms with E-state index in [1.54, 1.807) is 7.05 Å². The van der Waals surface area contributed by atoms with Gasteiger partial charge in [0, 0.05) is 26.1 Å². The molecule has 1 amide bonds. The molecule has 1 fully saturated rings. The van der Waals surface area contributed by atoms with Crippen LogP contribution in [0.15, 0.2) is 17.0 Å². The van der Waals surface area contributed by atoms with Gasteiger partial charge in [-0.1, -0.05) is 23.2 Å². The zero-order valence-corrected chi connectivity index (χ0v) is 13.6. The van der Waals surface area contributed by atoms with Gasteiger partial charge in [-0.25, -0.2) is 13.1 Å². The Morgan fingerprint density at radius 2 is 2.05 bits per heavy atom. The van der Waals surface area contributed by atoms with Crippen LogP contribution in [0.3, 0.4) is 0 Å². The summed E-state index contributed by atoms with van der Waals surface area (Å²) in [4.78, 5) is 12.8. The highest BCUT2D eigenvalue weighted by molar-refractivity contribution is 7.89. The van der Waals surface area contributed by atoms with Crippen molar-refractivity contribution in [1.29, 1.82) is 0 Å². The second-order valence-corrected chi connectivity index (χ2v) is 7.37. The fraction of sp³-hybridized carbons (Fsp3) is 0.417. The van der Waals surface area contributed by atoms with Crippen molar-refractivity contribution in [3.8, 4) is 0 Å². The van der Waals surface area contributed by atoms with Crippen molar-refractivity contribution in [2.24, 2.45) is 0 Å². The Balaban J connectivity index is 2.23. The number of benzene rings is 1. The number of likely N-dealkylation sites (tertiary alicyclic amines) is 1. The van der Waals surface area contributed by atoms with Gasteiger partial charge in [0.2, 0.25) is 15.9 Å². The molecule has 9 heteroatoms. The van der Waals surface area contributed by atoms with Gasteiger partial charge in [0.1, 0.15) is 4.90 Å². The van der Waals surface area contributed by atoms with Crippen molar-refractivity contribution in [2.45, 2.75) is 23.8 Å². The predicted molar refractivity (Wildman–Crippen MR) is 81.9 cm³/mol. The fourth-order valence-electron chi connectivity index (χ4n) is 2.15. The maximum Gasteiger partial charge on any atom is 0.242 e. The Morgan fingerprint density at radius 3 is 2.67 bits per heavy atom. The molecule has 3 N–H and O–H groups in total. The summed E-state index contributed by atoms with van der Waals surface area (Å²) < 4.78 is 27.3. The van der Waals surface area contributed by atoms with E-state index in [1.807, 2.05) is 0 Å². The molecule has 1 aromatic carbocycles. The molecule has 1 heterocycles. The van der Waals surface area contributed by atoms with Crippen LogP contribution in [0.4, 0.5) is 5.69 Å². The SMILES string of the molecule is CN1CC(NS(=O)(=O)c2ccc(Cl)c(N)c2Cl)CCC1=O. The van der Waals surface area contributed by atoms with Gasteiger partial charge >= 0.3 is 0 Å². The molecule has 2 rings (SSSR count). The summed E-state index contributed by atoms with van der Waals surface area (Å²) in [6.07, 6.45) is 0.753. The van der Waals surface area contributed by atoms with Gasteiger partial charge in [-0.05, 0) is 18.6 Å². The molecule has 0 saturated carbocycles. The van der Waals surface area contributed by atoms with E-state index in [-0.39, 0.29) is 32.6 Å². The lowest BCUT2D eigenvalue weighted by Gasteiger charge is -2.30. The van der Waals surface area contributed by atoms with E-state index in [9.17, 15) is 13.2 Å². The second-order valence-electron chi connectivity index (χ2n) is 4.90. The molecule has 0 bridgehead atoms. The topological polar surface area (TPSA) is 92.5 Å². The van der Waals surface area contributed by atoms with Gasteiger partial charge < -0.3 is 10.6 Å². The summed E-state index contributed by atoms with van der Waals surface area (Å²) in [5, 5.41) is 0.0946. The third-order valence-electron chi connectivity index (χ3n) is 3.33. The fourth-order valence-corrected chi connectivity index (χ4v) is 4.17. The molecule has 1 aromatic rings. The van der Waals surface area contributed by atoms with Gasteiger partial charge in [0.15, 0.2) is 0 Å². The maximum absolute atomic E-state index is 12.4. The molecule has 1 saturated heterocycles. The third-order valence-corrected chi connectivity index (χ3v) is 5.74. The van der Waals surface area contributed by atoms with Crippen molar-refractivity contribution in [3.63, 3.8) is 0 Å². The highest BCUT2D eigenvalue weighted by atomic mass is 35.5. The van der Waals surface area contributed by atoms with Crippen molar-refractivity contribution in [2.75, 3.05) is 19.3 Å². The number of nitrogens with one attached hydrogen (secondary N) is 1. The lowest BCUT2D eigenvalue weighted by atomic mass is 10.1. The zero-order valence-electron chi connectivity index (χ0n) is 11.3. The van der Waals surface area contributed by atoms with Crippen LogP contribution in [0.5, 0.6) is 0 Å². The summed E-state index contributed by atoms with van der Waals surface area (Å²) in [7, 11) is -2.19. The number of hydrogen-bond donors (Lipinski definition) is 2. The summed E-state index contributed by atoms with van der Waals surface area (Å²) in [6.45, 7) is 0.318. The maximum atomic E-state index is 12.4. The van der Waals surface area contributed by atoms with Crippen LogP contribution in [-0.4, -0.2) is 38.9 Å². The first-order valence-electron chi connectivity index (χ1n) is 6.22. The van der Waals surface area contributed by atoms with Crippen LogP contribution in [0.1, 0.15) is 12.8 Å². The molecule has 1 aliphatic rings. The number of likely N-dealkylation sites (N-methyl/N-ethyl adjacent to an activating group) is 1. The minimum absolute atomic E-state index is 0.000724. The third kappa shape index (κ3) is 3.42. The first-order chi connectivity index (χ1) is 9.72. The summed E-state index contributed by atoms with van der Waals surface area (Å²) in [6, 6.07) is 2.33. The first-order valence-corrected chi connectivity index (χ1v) is 8.46. The van der Waals surface area contributed by atoms with Crippen LogP contribution < -0.4 is 10.5 Å². The predicted octanol–water partition coefficient (Wildman–Crippen LogP) is 1.47. The smallest absolute Gasteiger partial charge is 0.242 e. The minimum atomic E-state index is -3.83. The number of carbonyl (C=O) groups excluding carboxylic acids is 1. The van der Waals surface area contributed by atoms with Crippen molar-refractivity contribution >= 4 is 44.8 Å².